The Kier molecular flexibility index (Phi) is 6.43. The monoisotopic (exact) mass is 424 g/mol. The molecule has 30 heavy (non-hydrogen) atoms. The third-order valence-corrected chi connectivity index (χ3v) is 5.31. The molecule has 4 unspecified atom stereocenters. The van der Waals surface area contributed by atoms with Crippen LogP contribution in [-0.2, 0) is 19.1 Å². The Bertz CT molecular complexity index is 885. The lowest BCUT2D eigenvalue weighted by atomic mass is 10.1. The number of esters is 2. The molecular formula is C22H20F4O4. The van der Waals surface area contributed by atoms with Gasteiger partial charge in [-0.3, -0.25) is 9.59 Å². The van der Waals surface area contributed by atoms with Gasteiger partial charge in [0.2, 0.25) is 0 Å². The average Bonchev–Trinajstić information content (AvgIpc) is 3.62. The number of carbonyl (C=O) groups excluding carboxylic acids is 2. The molecule has 8 heteroatoms. The van der Waals surface area contributed by atoms with Crippen LogP contribution in [0.1, 0.15) is 35.8 Å². The quantitative estimate of drug-likeness (QED) is 0.537. The number of halogens is 4. The minimum Gasteiger partial charge on any atom is -0.469 e. The summed E-state index contributed by atoms with van der Waals surface area (Å²) in [6.45, 7) is 0. The van der Waals surface area contributed by atoms with Crippen molar-refractivity contribution in [3.05, 3.63) is 70.8 Å². The predicted molar refractivity (Wildman–Crippen MR) is 98.4 cm³/mol. The number of benzene rings is 2. The summed E-state index contributed by atoms with van der Waals surface area (Å²) < 4.78 is 60.9. The van der Waals surface area contributed by atoms with Gasteiger partial charge in [0, 0.05) is 24.0 Å². The van der Waals surface area contributed by atoms with Crippen molar-refractivity contribution in [1.82, 2.24) is 0 Å². The number of methoxy groups -OCH3 is 2. The minimum absolute atomic E-state index is 0.155. The van der Waals surface area contributed by atoms with Gasteiger partial charge in [-0.15, -0.1) is 0 Å². The Morgan fingerprint density at radius 2 is 1.10 bits per heavy atom. The highest BCUT2D eigenvalue weighted by molar-refractivity contribution is 5.77. The first-order valence-corrected chi connectivity index (χ1v) is 9.32. The molecule has 0 N–H and O–H groups in total. The summed E-state index contributed by atoms with van der Waals surface area (Å²) in [7, 11) is 2.61. The highest BCUT2D eigenvalue weighted by Crippen LogP contribution is 2.49. The number of ether oxygens (including phenoxy) is 2. The summed E-state index contributed by atoms with van der Waals surface area (Å²) in [5.41, 5.74) is 0.790. The van der Waals surface area contributed by atoms with Crippen LogP contribution in [0.25, 0.3) is 0 Å². The molecule has 2 aliphatic rings. The summed E-state index contributed by atoms with van der Waals surface area (Å²) >= 11 is 0. The second kappa shape index (κ2) is 8.85. The van der Waals surface area contributed by atoms with E-state index < -0.39 is 23.3 Å². The van der Waals surface area contributed by atoms with Crippen molar-refractivity contribution in [2.24, 2.45) is 11.8 Å². The van der Waals surface area contributed by atoms with Gasteiger partial charge in [0.25, 0.3) is 0 Å². The highest BCUT2D eigenvalue weighted by Gasteiger charge is 2.46. The van der Waals surface area contributed by atoms with Crippen molar-refractivity contribution in [3.63, 3.8) is 0 Å². The van der Waals surface area contributed by atoms with Gasteiger partial charge in [-0.05, 0) is 36.1 Å². The van der Waals surface area contributed by atoms with Gasteiger partial charge in [-0.1, -0.05) is 12.1 Å². The molecule has 0 aromatic heterocycles. The molecule has 2 aromatic carbocycles. The molecule has 2 aromatic rings. The smallest absolute Gasteiger partial charge is 0.309 e. The van der Waals surface area contributed by atoms with Crippen LogP contribution in [0.4, 0.5) is 17.6 Å². The highest BCUT2D eigenvalue weighted by atomic mass is 19.1. The molecule has 0 amide bonds. The number of carbonyl (C=O) groups is 2. The van der Waals surface area contributed by atoms with Crippen LogP contribution in [0.5, 0.6) is 0 Å². The van der Waals surface area contributed by atoms with E-state index in [-0.39, 0.29) is 35.6 Å². The van der Waals surface area contributed by atoms with Gasteiger partial charge in [-0.25, -0.2) is 17.6 Å². The lowest BCUT2D eigenvalue weighted by Crippen LogP contribution is -2.04. The molecule has 160 valence electrons. The molecule has 4 nitrogen and oxygen atoms in total. The maximum atomic E-state index is 13.3. The van der Waals surface area contributed by atoms with Crippen molar-refractivity contribution in [2.45, 2.75) is 24.7 Å². The molecule has 0 heterocycles. The van der Waals surface area contributed by atoms with Crippen molar-refractivity contribution in [2.75, 3.05) is 14.2 Å². The van der Waals surface area contributed by atoms with Crippen molar-refractivity contribution >= 4 is 11.9 Å². The maximum absolute atomic E-state index is 13.3. The first-order chi connectivity index (χ1) is 14.3. The van der Waals surface area contributed by atoms with E-state index in [1.165, 1.54) is 38.5 Å². The van der Waals surface area contributed by atoms with Crippen LogP contribution in [0.15, 0.2) is 36.4 Å². The molecule has 2 fully saturated rings. The van der Waals surface area contributed by atoms with Gasteiger partial charge in [0.05, 0.1) is 26.1 Å². The zero-order chi connectivity index (χ0) is 22.0. The molecule has 0 saturated heterocycles. The molecule has 2 saturated carbocycles. The lowest BCUT2D eigenvalue weighted by molar-refractivity contribution is -0.143. The number of rotatable bonds is 4. The Labute approximate surface area is 170 Å². The van der Waals surface area contributed by atoms with E-state index in [0.29, 0.717) is 24.0 Å². The van der Waals surface area contributed by atoms with Crippen LogP contribution in [0.2, 0.25) is 0 Å². The van der Waals surface area contributed by atoms with Crippen molar-refractivity contribution < 1.29 is 36.6 Å². The van der Waals surface area contributed by atoms with Gasteiger partial charge >= 0.3 is 11.9 Å². The Morgan fingerprint density at radius 3 is 1.40 bits per heavy atom. The first kappa shape index (κ1) is 21.8. The topological polar surface area (TPSA) is 52.6 Å². The molecule has 0 bridgehead atoms. The number of hydrogen-bond acceptors (Lipinski definition) is 4. The summed E-state index contributed by atoms with van der Waals surface area (Å²) in [4.78, 5) is 22.2. The SMILES string of the molecule is COC(=O)C1CC1c1ccc(F)cc1F.COC(=O)C1CC1c1ccc(F)cc1F. The molecule has 4 atom stereocenters. The van der Waals surface area contributed by atoms with Crippen LogP contribution in [0.3, 0.4) is 0 Å². The van der Waals surface area contributed by atoms with E-state index in [1.54, 1.807) is 0 Å². The summed E-state index contributed by atoms with van der Waals surface area (Å²) in [6, 6.07) is 6.84. The van der Waals surface area contributed by atoms with E-state index in [1.807, 2.05) is 0 Å². The van der Waals surface area contributed by atoms with Crippen LogP contribution in [-0.4, -0.2) is 26.2 Å². The van der Waals surface area contributed by atoms with Gasteiger partial charge in [0.1, 0.15) is 23.3 Å². The minimum atomic E-state index is -0.605. The molecular weight excluding hydrogens is 404 g/mol. The second-order valence-electron chi connectivity index (χ2n) is 7.28. The zero-order valence-corrected chi connectivity index (χ0v) is 16.3. The van der Waals surface area contributed by atoms with Gasteiger partial charge in [-0.2, -0.15) is 0 Å². The molecule has 0 aliphatic heterocycles. The fourth-order valence-corrected chi connectivity index (χ4v) is 3.51. The normalized spacial score (nSPS) is 23.7. The van der Waals surface area contributed by atoms with E-state index in [0.717, 1.165) is 12.1 Å². The van der Waals surface area contributed by atoms with Crippen molar-refractivity contribution in [1.29, 1.82) is 0 Å². The fourth-order valence-electron chi connectivity index (χ4n) is 3.51. The molecule has 0 radical (unpaired) electrons. The fraction of sp³-hybridized carbons (Fsp3) is 0.364. The Morgan fingerprint density at radius 1 is 0.733 bits per heavy atom. The summed E-state index contributed by atoms with van der Waals surface area (Å²) in [5.74, 6) is -3.90. The van der Waals surface area contributed by atoms with Crippen LogP contribution < -0.4 is 0 Å². The zero-order valence-electron chi connectivity index (χ0n) is 16.3. The van der Waals surface area contributed by atoms with E-state index in [4.69, 9.17) is 0 Å². The summed E-state index contributed by atoms with van der Waals surface area (Å²) in [5, 5.41) is 0. The van der Waals surface area contributed by atoms with Crippen molar-refractivity contribution in [3.8, 4) is 0 Å². The third-order valence-electron chi connectivity index (χ3n) is 5.31. The molecule has 0 spiro atoms. The predicted octanol–water partition coefficient (Wildman–Crippen LogP) is 4.48. The van der Waals surface area contributed by atoms with E-state index in [2.05, 4.69) is 9.47 Å². The summed E-state index contributed by atoms with van der Waals surface area (Å²) in [6.07, 6.45) is 1.16. The first-order valence-electron chi connectivity index (χ1n) is 9.32. The number of hydrogen-bond donors (Lipinski definition) is 0. The molecule has 2 aliphatic carbocycles. The standard InChI is InChI=1S/2C11H10F2O2/c2*1-15-11(14)9-5-8(9)7-3-2-6(12)4-10(7)13/h2*2-4,8-9H,5H2,1H3. The average molecular weight is 424 g/mol. The molecule has 4 rings (SSSR count). The van der Waals surface area contributed by atoms with E-state index >= 15 is 0 Å². The van der Waals surface area contributed by atoms with Crippen LogP contribution in [0, 0.1) is 35.1 Å². The lowest BCUT2D eigenvalue weighted by Gasteiger charge is -2.01. The third kappa shape index (κ3) is 4.80. The van der Waals surface area contributed by atoms with Crippen LogP contribution >= 0.6 is 0 Å². The maximum Gasteiger partial charge on any atom is 0.309 e. The largest absolute Gasteiger partial charge is 0.469 e. The Balaban J connectivity index is 0.000000171. The van der Waals surface area contributed by atoms with E-state index in [9.17, 15) is 27.2 Å². The Hall–Kier alpha value is -2.90. The second-order valence-corrected chi connectivity index (χ2v) is 7.28. The van der Waals surface area contributed by atoms with Gasteiger partial charge < -0.3 is 9.47 Å². The van der Waals surface area contributed by atoms with Gasteiger partial charge in [0.15, 0.2) is 0 Å².